The van der Waals surface area contributed by atoms with E-state index in [9.17, 15) is 18.0 Å². The maximum absolute atomic E-state index is 12.4. The van der Waals surface area contributed by atoms with E-state index in [1.165, 1.54) is 29.2 Å². The highest BCUT2D eigenvalue weighted by Gasteiger charge is 2.31. The average molecular weight is 290 g/mol. The predicted molar refractivity (Wildman–Crippen MR) is 64.0 cm³/mol. The molecule has 0 unspecified atom stereocenters. The van der Waals surface area contributed by atoms with Gasteiger partial charge in [-0.2, -0.15) is 13.2 Å². The van der Waals surface area contributed by atoms with Gasteiger partial charge in [-0.1, -0.05) is 11.6 Å². The molecule has 0 amide bonds. The molecule has 0 bridgehead atoms. The molecule has 2 aromatic rings. The largest absolute Gasteiger partial charge is 0.417 e. The molecule has 100 valence electrons. The Bertz CT molecular complexity index is 634. The number of pyridine rings is 2. The minimum atomic E-state index is -4.49. The molecular weight excluding hydrogens is 283 g/mol. The summed E-state index contributed by atoms with van der Waals surface area (Å²) in [5, 5.41) is -0.173. The van der Waals surface area contributed by atoms with Gasteiger partial charge in [0.15, 0.2) is 11.2 Å². The Kier molecular flexibility index (Phi) is 3.48. The fraction of sp³-hybridized carbons (Fsp3) is 0.0909. The zero-order valence-corrected chi connectivity index (χ0v) is 10.0. The third kappa shape index (κ3) is 3.25. The Morgan fingerprint density at radius 1 is 1.26 bits per heavy atom. The summed E-state index contributed by atoms with van der Waals surface area (Å²) in [7, 11) is 0. The molecule has 0 saturated heterocycles. The quantitative estimate of drug-likeness (QED) is 0.925. The molecule has 2 rings (SSSR count). The van der Waals surface area contributed by atoms with Gasteiger partial charge in [0.25, 0.3) is 0 Å². The number of halogens is 4. The van der Waals surface area contributed by atoms with E-state index in [4.69, 9.17) is 11.6 Å². The predicted octanol–water partition coefficient (Wildman–Crippen LogP) is 2.79. The Balaban J connectivity index is 2.27. The van der Waals surface area contributed by atoms with Crippen molar-refractivity contribution in [3.63, 3.8) is 0 Å². The number of hydrogen-bond acceptors (Lipinski definition) is 3. The summed E-state index contributed by atoms with van der Waals surface area (Å²) < 4.78 is 38.6. The van der Waals surface area contributed by atoms with Crippen LogP contribution >= 0.6 is 11.6 Å². The minimum absolute atomic E-state index is 0.0540. The van der Waals surface area contributed by atoms with Crippen LogP contribution in [0.3, 0.4) is 0 Å². The van der Waals surface area contributed by atoms with Crippen LogP contribution in [0.1, 0.15) is 5.56 Å². The van der Waals surface area contributed by atoms with Crippen molar-refractivity contribution in [1.82, 2.24) is 9.66 Å². The van der Waals surface area contributed by atoms with Crippen molar-refractivity contribution >= 4 is 17.4 Å². The summed E-state index contributed by atoms with van der Waals surface area (Å²) in [6, 6.07) is 3.34. The monoisotopic (exact) mass is 289 g/mol. The average Bonchev–Trinajstić information content (AvgIpc) is 2.33. The number of hydrogen-bond donors (Lipinski definition) is 1. The zero-order chi connectivity index (χ0) is 14.0. The van der Waals surface area contributed by atoms with Gasteiger partial charge in [0.1, 0.15) is 0 Å². The molecule has 0 radical (unpaired) electrons. The first-order valence-corrected chi connectivity index (χ1v) is 5.42. The lowest BCUT2D eigenvalue weighted by Gasteiger charge is -2.12. The Hall–Kier alpha value is -2.02. The van der Waals surface area contributed by atoms with E-state index in [1.54, 1.807) is 0 Å². The Labute approximate surface area is 110 Å². The lowest BCUT2D eigenvalue weighted by molar-refractivity contribution is -0.137. The van der Waals surface area contributed by atoms with E-state index in [0.29, 0.717) is 6.20 Å². The number of nitrogens with zero attached hydrogens (tertiary/aromatic N) is 2. The summed E-state index contributed by atoms with van der Waals surface area (Å²) >= 11 is 5.72. The van der Waals surface area contributed by atoms with Gasteiger partial charge in [0.2, 0.25) is 0 Å². The molecular formula is C11H7ClF3N3O. The van der Waals surface area contributed by atoms with Gasteiger partial charge < -0.3 is 0 Å². The van der Waals surface area contributed by atoms with E-state index in [0.717, 1.165) is 6.07 Å². The molecule has 0 aliphatic carbocycles. The third-order valence-corrected chi connectivity index (χ3v) is 2.49. The molecule has 8 heteroatoms. The number of rotatable bonds is 2. The van der Waals surface area contributed by atoms with Crippen molar-refractivity contribution in [1.29, 1.82) is 0 Å². The van der Waals surface area contributed by atoms with Crippen LogP contribution in [0.15, 0.2) is 41.6 Å². The number of aromatic nitrogens is 2. The molecule has 0 aromatic carbocycles. The second kappa shape index (κ2) is 4.93. The summed E-state index contributed by atoms with van der Waals surface area (Å²) in [5.41, 5.74) is 1.53. The van der Waals surface area contributed by atoms with Crippen molar-refractivity contribution in [2.75, 3.05) is 5.43 Å². The van der Waals surface area contributed by atoms with Crippen molar-refractivity contribution in [3.8, 4) is 0 Å². The van der Waals surface area contributed by atoms with Gasteiger partial charge in [0.05, 0.1) is 10.6 Å². The van der Waals surface area contributed by atoms with Crippen molar-refractivity contribution in [3.05, 3.63) is 57.6 Å². The highest BCUT2D eigenvalue weighted by molar-refractivity contribution is 6.32. The molecule has 0 fully saturated rings. The minimum Gasteiger partial charge on any atom is -0.290 e. The summed E-state index contributed by atoms with van der Waals surface area (Å²) in [6.07, 6.45) is -1.01. The van der Waals surface area contributed by atoms with Crippen LogP contribution in [0.5, 0.6) is 0 Å². The molecule has 0 spiro atoms. The first-order chi connectivity index (χ1) is 8.86. The van der Waals surface area contributed by atoms with E-state index < -0.39 is 11.7 Å². The van der Waals surface area contributed by atoms with Crippen LogP contribution in [-0.4, -0.2) is 9.66 Å². The lowest BCUT2D eigenvalue weighted by atomic mass is 10.3. The second-order valence-electron chi connectivity index (χ2n) is 3.61. The molecule has 19 heavy (non-hydrogen) atoms. The Morgan fingerprint density at radius 3 is 2.42 bits per heavy atom. The lowest BCUT2D eigenvalue weighted by Crippen LogP contribution is -2.13. The second-order valence-corrected chi connectivity index (χ2v) is 4.01. The smallest absolute Gasteiger partial charge is 0.290 e. The topological polar surface area (TPSA) is 46.9 Å². The van der Waals surface area contributed by atoms with Crippen LogP contribution in [0.25, 0.3) is 0 Å². The maximum Gasteiger partial charge on any atom is 0.417 e. The number of alkyl halides is 3. The van der Waals surface area contributed by atoms with Crippen molar-refractivity contribution in [2.45, 2.75) is 6.18 Å². The normalized spacial score (nSPS) is 11.4. The number of anilines is 1. The molecule has 0 aliphatic rings. The van der Waals surface area contributed by atoms with E-state index in [2.05, 4.69) is 10.4 Å². The van der Waals surface area contributed by atoms with Crippen LogP contribution in [0.2, 0.25) is 5.02 Å². The Morgan fingerprint density at radius 2 is 1.89 bits per heavy atom. The van der Waals surface area contributed by atoms with Crippen molar-refractivity contribution in [2.24, 2.45) is 0 Å². The van der Waals surface area contributed by atoms with Crippen LogP contribution in [0, 0.1) is 0 Å². The zero-order valence-electron chi connectivity index (χ0n) is 9.28. The molecule has 0 atom stereocenters. The summed E-state index contributed by atoms with van der Waals surface area (Å²) in [5.74, 6) is 0.0540. The van der Waals surface area contributed by atoms with Gasteiger partial charge in [-0.3, -0.25) is 14.9 Å². The maximum atomic E-state index is 12.4. The van der Waals surface area contributed by atoms with Crippen molar-refractivity contribution < 1.29 is 13.2 Å². The molecule has 4 nitrogen and oxygen atoms in total. The van der Waals surface area contributed by atoms with Gasteiger partial charge in [-0.15, -0.1) is 0 Å². The number of nitrogens with one attached hydrogen (secondary N) is 1. The molecule has 1 N–H and O–H groups in total. The first kappa shape index (κ1) is 13.4. The SMILES string of the molecule is O=c1ccn(Nc2ncc(C(F)(F)F)cc2Cl)cc1. The first-order valence-electron chi connectivity index (χ1n) is 5.04. The molecule has 0 aliphatic heterocycles. The highest BCUT2D eigenvalue weighted by Crippen LogP contribution is 2.32. The fourth-order valence-electron chi connectivity index (χ4n) is 1.28. The van der Waals surface area contributed by atoms with Crippen LogP contribution in [-0.2, 0) is 6.18 Å². The molecule has 2 aromatic heterocycles. The molecule has 2 heterocycles. The molecule has 0 saturated carbocycles. The third-order valence-electron chi connectivity index (χ3n) is 2.20. The van der Waals surface area contributed by atoms with Crippen LogP contribution < -0.4 is 10.9 Å². The van der Waals surface area contributed by atoms with Gasteiger partial charge >= 0.3 is 6.18 Å². The van der Waals surface area contributed by atoms with Gasteiger partial charge in [0, 0.05) is 30.7 Å². The summed E-state index contributed by atoms with van der Waals surface area (Å²) in [4.78, 5) is 14.5. The van der Waals surface area contributed by atoms with E-state index in [-0.39, 0.29) is 16.3 Å². The standard InChI is InChI=1S/C11H7ClF3N3O/c12-9-5-7(11(13,14)15)6-16-10(9)17-18-3-1-8(19)2-4-18/h1-6H,(H,16,17). The highest BCUT2D eigenvalue weighted by atomic mass is 35.5. The fourth-order valence-corrected chi connectivity index (χ4v) is 1.49. The van der Waals surface area contributed by atoms with Gasteiger partial charge in [-0.25, -0.2) is 4.98 Å². The van der Waals surface area contributed by atoms with E-state index >= 15 is 0 Å². The summed E-state index contributed by atoms with van der Waals surface area (Å²) in [6.45, 7) is 0. The van der Waals surface area contributed by atoms with E-state index in [1.807, 2.05) is 0 Å². The van der Waals surface area contributed by atoms with Crippen LogP contribution in [0.4, 0.5) is 19.0 Å². The van der Waals surface area contributed by atoms with Gasteiger partial charge in [-0.05, 0) is 6.07 Å².